The van der Waals surface area contributed by atoms with Crippen molar-refractivity contribution in [2.45, 2.75) is 56.1 Å². The Morgan fingerprint density at radius 3 is 2.86 bits per heavy atom. The molecule has 3 aliphatic rings. The molecule has 1 saturated heterocycles. The van der Waals surface area contributed by atoms with Gasteiger partial charge in [0, 0.05) is 19.5 Å². The Morgan fingerprint density at radius 1 is 1.38 bits per heavy atom. The van der Waals surface area contributed by atoms with Gasteiger partial charge in [-0.2, -0.15) is 4.98 Å². The second kappa shape index (κ2) is 4.52. The van der Waals surface area contributed by atoms with E-state index in [4.69, 9.17) is 4.52 Å². The van der Waals surface area contributed by atoms with Crippen molar-refractivity contribution in [2.75, 3.05) is 13.1 Å². The standard InChI is InChI=1S/C14H21N3O3S/c1-2-12-15-13(16-20-12)14-7-3-4-10(14)8-17(9-14)21(18,19)11-5-6-11/h10-11H,2-9H2,1H3. The fourth-order valence-electron chi connectivity index (χ4n) is 3.98. The van der Waals surface area contributed by atoms with Gasteiger partial charge in [-0.15, -0.1) is 0 Å². The highest BCUT2D eigenvalue weighted by atomic mass is 32.2. The van der Waals surface area contributed by atoms with E-state index in [2.05, 4.69) is 10.1 Å². The SMILES string of the molecule is CCc1nc(C23CCCC2CN(S(=O)(=O)C2CC2)C3)no1. The Hall–Kier alpha value is -0.950. The predicted octanol–water partition coefficient (Wildman–Crippen LogP) is 1.48. The molecule has 6 nitrogen and oxygen atoms in total. The summed E-state index contributed by atoms with van der Waals surface area (Å²) in [6, 6.07) is 0. The van der Waals surface area contributed by atoms with E-state index in [1.54, 1.807) is 4.31 Å². The van der Waals surface area contributed by atoms with Crippen LogP contribution < -0.4 is 0 Å². The molecule has 3 fully saturated rings. The number of aryl methyl sites for hydroxylation is 1. The molecular formula is C14H21N3O3S. The van der Waals surface area contributed by atoms with Gasteiger partial charge in [-0.3, -0.25) is 0 Å². The van der Waals surface area contributed by atoms with Crippen molar-refractivity contribution in [3.63, 3.8) is 0 Å². The zero-order chi connectivity index (χ0) is 14.7. The van der Waals surface area contributed by atoms with Crippen LogP contribution in [0.2, 0.25) is 0 Å². The first kappa shape index (κ1) is 13.7. The normalized spacial score (nSPS) is 33.5. The first-order valence-corrected chi connectivity index (χ1v) is 9.38. The lowest BCUT2D eigenvalue weighted by Crippen LogP contribution is -2.36. The molecule has 2 aliphatic carbocycles. The van der Waals surface area contributed by atoms with Gasteiger partial charge in [0.05, 0.1) is 10.7 Å². The molecule has 0 aromatic carbocycles. The first-order chi connectivity index (χ1) is 10.1. The molecule has 0 spiro atoms. The lowest BCUT2D eigenvalue weighted by molar-refractivity contribution is 0.329. The number of sulfonamides is 1. The summed E-state index contributed by atoms with van der Waals surface area (Å²) in [5, 5.41) is 4.04. The maximum atomic E-state index is 12.5. The maximum absolute atomic E-state index is 12.5. The number of nitrogens with zero attached hydrogens (tertiary/aromatic N) is 3. The predicted molar refractivity (Wildman–Crippen MR) is 76.2 cm³/mol. The van der Waals surface area contributed by atoms with Gasteiger partial charge in [0.2, 0.25) is 15.9 Å². The quantitative estimate of drug-likeness (QED) is 0.842. The van der Waals surface area contributed by atoms with Crippen LogP contribution in [0.15, 0.2) is 4.52 Å². The lowest BCUT2D eigenvalue weighted by Gasteiger charge is -2.24. The van der Waals surface area contributed by atoms with E-state index in [1.807, 2.05) is 6.92 Å². The van der Waals surface area contributed by atoms with Crippen LogP contribution in [0.4, 0.5) is 0 Å². The largest absolute Gasteiger partial charge is 0.339 e. The second-order valence-corrected chi connectivity index (χ2v) is 8.86. The van der Waals surface area contributed by atoms with Crippen molar-refractivity contribution in [2.24, 2.45) is 5.92 Å². The van der Waals surface area contributed by atoms with Crippen molar-refractivity contribution in [1.82, 2.24) is 14.4 Å². The molecule has 2 saturated carbocycles. The summed E-state index contributed by atoms with van der Waals surface area (Å²) in [5.41, 5.74) is -0.209. The summed E-state index contributed by atoms with van der Waals surface area (Å²) in [5.74, 6) is 1.72. The minimum atomic E-state index is -3.11. The Morgan fingerprint density at radius 2 is 2.19 bits per heavy atom. The molecule has 21 heavy (non-hydrogen) atoms. The van der Waals surface area contributed by atoms with Crippen LogP contribution in [0.3, 0.4) is 0 Å². The summed E-state index contributed by atoms with van der Waals surface area (Å²) >= 11 is 0. The number of aromatic nitrogens is 2. The monoisotopic (exact) mass is 311 g/mol. The third-order valence-electron chi connectivity index (χ3n) is 5.36. The molecular weight excluding hydrogens is 290 g/mol. The molecule has 0 bridgehead atoms. The zero-order valence-electron chi connectivity index (χ0n) is 12.3. The van der Waals surface area contributed by atoms with Gasteiger partial charge in [0.1, 0.15) is 0 Å². The van der Waals surface area contributed by atoms with Crippen molar-refractivity contribution < 1.29 is 12.9 Å². The summed E-state index contributed by atoms with van der Waals surface area (Å²) in [6.07, 6.45) is 5.51. The minimum absolute atomic E-state index is 0.134. The van der Waals surface area contributed by atoms with E-state index in [1.165, 1.54) is 0 Å². The fraction of sp³-hybridized carbons (Fsp3) is 0.857. The topological polar surface area (TPSA) is 76.3 Å². The Bertz CT molecular complexity index is 652. The first-order valence-electron chi connectivity index (χ1n) is 7.88. The lowest BCUT2D eigenvalue weighted by atomic mass is 9.80. The number of fused-ring (bicyclic) bond motifs is 1. The van der Waals surface area contributed by atoms with Crippen LogP contribution in [0.25, 0.3) is 0 Å². The van der Waals surface area contributed by atoms with Gasteiger partial charge in [-0.05, 0) is 31.6 Å². The maximum Gasteiger partial charge on any atom is 0.226 e. The number of hydrogen-bond donors (Lipinski definition) is 0. The highest BCUT2D eigenvalue weighted by Gasteiger charge is 2.57. The van der Waals surface area contributed by atoms with Crippen molar-refractivity contribution in [1.29, 1.82) is 0 Å². The van der Waals surface area contributed by atoms with Gasteiger partial charge in [0.15, 0.2) is 5.82 Å². The highest BCUT2D eigenvalue weighted by molar-refractivity contribution is 7.90. The molecule has 2 unspecified atom stereocenters. The van der Waals surface area contributed by atoms with Crippen molar-refractivity contribution in [3.05, 3.63) is 11.7 Å². The average Bonchev–Trinajstić information content (AvgIpc) is 2.93. The molecule has 4 rings (SSSR count). The van der Waals surface area contributed by atoms with Gasteiger partial charge >= 0.3 is 0 Å². The highest BCUT2D eigenvalue weighted by Crippen LogP contribution is 2.51. The van der Waals surface area contributed by atoms with Crippen LogP contribution in [-0.2, 0) is 21.9 Å². The fourth-order valence-corrected chi connectivity index (χ4v) is 5.93. The molecule has 1 aliphatic heterocycles. The van der Waals surface area contributed by atoms with E-state index in [9.17, 15) is 8.42 Å². The summed E-state index contributed by atoms with van der Waals surface area (Å²) in [6.45, 7) is 3.16. The second-order valence-electron chi connectivity index (χ2n) is 6.65. The number of hydrogen-bond acceptors (Lipinski definition) is 5. The van der Waals surface area contributed by atoms with Crippen molar-refractivity contribution in [3.8, 4) is 0 Å². The Labute approximate surface area is 124 Å². The van der Waals surface area contributed by atoms with E-state index in [-0.39, 0.29) is 10.7 Å². The molecule has 2 atom stereocenters. The van der Waals surface area contributed by atoms with Crippen LogP contribution in [0.5, 0.6) is 0 Å². The van der Waals surface area contributed by atoms with Crippen LogP contribution in [-0.4, -0.2) is 41.2 Å². The van der Waals surface area contributed by atoms with Gasteiger partial charge in [-0.25, -0.2) is 12.7 Å². The minimum Gasteiger partial charge on any atom is -0.339 e. The summed E-state index contributed by atoms with van der Waals surface area (Å²) in [7, 11) is -3.11. The van der Waals surface area contributed by atoms with E-state index >= 15 is 0 Å². The molecule has 0 N–H and O–H groups in total. The summed E-state index contributed by atoms with van der Waals surface area (Å²) < 4.78 is 32.0. The molecule has 7 heteroatoms. The van der Waals surface area contributed by atoms with Crippen LogP contribution >= 0.6 is 0 Å². The number of rotatable bonds is 4. The van der Waals surface area contributed by atoms with Gasteiger partial charge in [-0.1, -0.05) is 18.5 Å². The molecule has 1 aromatic heterocycles. The van der Waals surface area contributed by atoms with E-state index in [0.717, 1.165) is 44.3 Å². The molecule has 0 radical (unpaired) electrons. The zero-order valence-corrected chi connectivity index (χ0v) is 13.1. The van der Waals surface area contributed by atoms with Gasteiger partial charge < -0.3 is 4.52 Å². The van der Waals surface area contributed by atoms with Gasteiger partial charge in [0.25, 0.3) is 0 Å². The van der Waals surface area contributed by atoms with Crippen LogP contribution in [0.1, 0.15) is 50.7 Å². The molecule has 116 valence electrons. The molecule has 2 heterocycles. The van der Waals surface area contributed by atoms with E-state index < -0.39 is 10.0 Å². The third-order valence-corrected chi connectivity index (χ3v) is 7.67. The van der Waals surface area contributed by atoms with E-state index in [0.29, 0.717) is 24.9 Å². The smallest absolute Gasteiger partial charge is 0.226 e. The average molecular weight is 311 g/mol. The van der Waals surface area contributed by atoms with Crippen LogP contribution in [0, 0.1) is 5.92 Å². The third kappa shape index (κ3) is 1.97. The Balaban J connectivity index is 1.67. The molecule has 1 aromatic rings. The molecule has 0 amide bonds. The summed E-state index contributed by atoms with van der Waals surface area (Å²) in [4.78, 5) is 4.52. The Kier molecular flexibility index (Phi) is 2.95. The van der Waals surface area contributed by atoms with Crippen molar-refractivity contribution >= 4 is 10.0 Å².